The van der Waals surface area contributed by atoms with Crippen LogP contribution in [0.3, 0.4) is 0 Å². The van der Waals surface area contributed by atoms with E-state index in [2.05, 4.69) is 0 Å². The van der Waals surface area contributed by atoms with Gasteiger partial charge in [0.05, 0.1) is 43.3 Å². The van der Waals surface area contributed by atoms with Gasteiger partial charge in [-0.2, -0.15) is 26.3 Å². The standard InChI is InChI=1S/C25H18F6O6P/c1-35-13-11-17(36-2)21(18(12-13)37-3)22(32)14-7-4-5-10-19(14)38(34)23(33)20-15(24(26,27)28)8-6-9-16(20)25(29,30)31/h4-12H,1-3H3. The average molecular weight is 559 g/mol. The Balaban J connectivity index is 2.21. The molecule has 1 atom stereocenters. The van der Waals surface area contributed by atoms with Crippen LogP contribution in [0.1, 0.15) is 37.4 Å². The highest BCUT2D eigenvalue weighted by atomic mass is 31.1. The van der Waals surface area contributed by atoms with Crippen molar-refractivity contribution in [2.75, 3.05) is 21.3 Å². The lowest BCUT2D eigenvalue weighted by Crippen LogP contribution is -2.22. The van der Waals surface area contributed by atoms with Gasteiger partial charge in [-0.15, -0.1) is 0 Å². The molecular weight excluding hydrogens is 541 g/mol. The Morgan fingerprint density at radius 3 is 1.66 bits per heavy atom. The minimum absolute atomic E-state index is 0.0515. The smallest absolute Gasteiger partial charge is 0.417 e. The normalized spacial score (nSPS) is 12.1. The second kappa shape index (κ2) is 10.8. The van der Waals surface area contributed by atoms with E-state index in [1.54, 1.807) is 0 Å². The Morgan fingerprint density at radius 2 is 1.21 bits per heavy atom. The van der Waals surface area contributed by atoms with Crippen molar-refractivity contribution in [1.82, 2.24) is 0 Å². The second-order valence-electron chi connectivity index (χ2n) is 7.58. The minimum Gasteiger partial charge on any atom is -0.496 e. The molecular formula is C25H18F6O6P. The molecule has 0 bridgehead atoms. The van der Waals surface area contributed by atoms with Gasteiger partial charge in [0.25, 0.3) is 0 Å². The third-order valence-corrected chi connectivity index (χ3v) is 6.80. The molecule has 201 valence electrons. The lowest BCUT2D eigenvalue weighted by molar-refractivity contribution is -0.143. The second-order valence-corrected chi connectivity index (χ2v) is 9.05. The summed E-state index contributed by atoms with van der Waals surface area (Å²) in [7, 11) is 0.165. The summed E-state index contributed by atoms with van der Waals surface area (Å²) in [6.45, 7) is 0. The summed E-state index contributed by atoms with van der Waals surface area (Å²) < 4.78 is 110. The molecule has 0 heterocycles. The van der Waals surface area contributed by atoms with Gasteiger partial charge in [0.15, 0.2) is 7.80 Å². The molecule has 38 heavy (non-hydrogen) atoms. The van der Waals surface area contributed by atoms with Gasteiger partial charge in [-0.1, -0.05) is 18.2 Å². The molecule has 0 saturated carbocycles. The number of hydrogen-bond donors (Lipinski definition) is 0. The topological polar surface area (TPSA) is 78.9 Å². The molecule has 3 rings (SSSR count). The Labute approximate surface area is 212 Å². The first-order valence-corrected chi connectivity index (χ1v) is 11.7. The highest BCUT2D eigenvalue weighted by Crippen LogP contribution is 2.43. The number of hydrogen-bond acceptors (Lipinski definition) is 6. The monoisotopic (exact) mass is 559 g/mol. The first kappa shape index (κ1) is 28.6. The number of ether oxygens (including phenoxy) is 3. The number of rotatable bonds is 8. The Kier molecular flexibility index (Phi) is 8.16. The van der Waals surface area contributed by atoms with E-state index in [1.807, 2.05) is 0 Å². The van der Waals surface area contributed by atoms with Crippen LogP contribution in [0.25, 0.3) is 0 Å². The largest absolute Gasteiger partial charge is 0.496 e. The molecule has 0 spiro atoms. The van der Waals surface area contributed by atoms with Gasteiger partial charge in [-0.3, -0.25) is 14.2 Å². The average Bonchev–Trinajstić information content (AvgIpc) is 2.89. The van der Waals surface area contributed by atoms with Crippen LogP contribution in [0.2, 0.25) is 0 Å². The zero-order chi connectivity index (χ0) is 28.4. The number of methoxy groups -OCH3 is 3. The van der Waals surface area contributed by atoms with Crippen LogP contribution in [0.15, 0.2) is 54.6 Å². The number of halogens is 6. The molecule has 6 nitrogen and oxygen atoms in total. The van der Waals surface area contributed by atoms with Gasteiger partial charge in [0.1, 0.15) is 22.8 Å². The van der Waals surface area contributed by atoms with E-state index in [1.165, 1.54) is 45.6 Å². The minimum atomic E-state index is -5.36. The van der Waals surface area contributed by atoms with Crippen molar-refractivity contribution < 1.29 is 54.7 Å². The summed E-state index contributed by atoms with van der Waals surface area (Å²) in [6.07, 6.45) is -10.7. The first-order chi connectivity index (χ1) is 17.8. The third kappa shape index (κ3) is 5.50. The summed E-state index contributed by atoms with van der Waals surface area (Å²) >= 11 is 0. The van der Waals surface area contributed by atoms with E-state index in [0.717, 1.165) is 12.1 Å². The summed E-state index contributed by atoms with van der Waals surface area (Å²) in [5.41, 5.74) is -8.15. The molecule has 0 amide bonds. The van der Waals surface area contributed by atoms with Gasteiger partial charge in [-0.25, -0.2) is 0 Å². The lowest BCUT2D eigenvalue weighted by atomic mass is 10.0. The van der Waals surface area contributed by atoms with E-state index in [-0.39, 0.29) is 34.9 Å². The molecule has 0 aliphatic heterocycles. The van der Waals surface area contributed by atoms with E-state index >= 15 is 0 Å². The Morgan fingerprint density at radius 1 is 0.711 bits per heavy atom. The van der Waals surface area contributed by atoms with Gasteiger partial charge in [-0.05, 0) is 24.3 Å². The summed E-state index contributed by atoms with van der Waals surface area (Å²) in [6, 6.07) is 8.42. The lowest BCUT2D eigenvalue weighted by Gasteiger charge is -2.18. The van der Waals surface area contributed by atoms with E-state index in [0.29, 0.717) is 6.07 Å². The molecule has 0 aliphatic carbocycles. The van der Waals surface area contributed by atoms with Crippen molar-refractivity contribution in [3.8, 4) is 17.2 Å². The van der Waals surface area contributed by atoms with Crippen molar-refractivity contribution in [3.63, 3.8) is 0 Å². The van der Waals surface area contributed by atoms with Crippen molar-refractivity contribution in [1.29, 1.82) is 0 Å². The van der Waals surface area contributed by atoms with Gasteiger partial charge >= 0.3 is 12.4 Å². The molecule has 13 heteroatoms. The number of carbonyl (C=O) groups excluding carboxylic acids is 2. The van der Waals surface area contributed by atoms with E-state index < -0.39 is 59.0 Å². The molecule has 3 aromatic carbocycles. The fraction of sp³-hybridized carbons (Fsp3) is 0.200. The summed E-state index contributed by atoms with van der Waals surface area (Å²) in [5.74, 6) is -0.768. The highest BCUT2D eigenvalue weighted by molar-refractivity contribution is 7.71. The number of alkyl halides is 6. The van der Waals surface area contributed by atoms with E-state index in [4.69, 9.17) is 14.2 Å². The maximum Gasteiger partial charge on any atom is 0.417 e. The van der Waals surface area contributed by atoms with Crippen LogP contribution in [0, 0.1) is 0 Å². The Hall–Kier alpha value is -3.92. The van der Waals surface area contributed by atoms with Crippen LogP contribution < -0.4 is 19.5 Å². The van der Waals surface area contributed by atoms with Crippen LogP contribution in [-0.4, -0.2) is 32.6 Å². The maximum atomic E-state index is 13.6. The predicted octanol–water partition coefficient (Wildman–Crippen LogP) is 6.27. The third-order valence-electron chi connectivity index (χ3n) is 5.38. The van der Waals surface area contributed by atoms with Crippen LogP contribution >= 0.6 is 7.80 Å². The quantitative estimate of drug-likeness (QED) is 0.184. The first-order valence-electron chi connectivity index (χ1n) is 10.5. The summed E-state index contributed by atoms with van der Waals surface area (Å²) in [5, 5.41) is -0.567. The molecule has 0 aliphatic rings. The van der Waals surface area contributed by atoms with Crippen molar-refractivity contribution >= 4 is 24.4 Å². The molecule has 0 aromatic heterocycles. The van der Waals surface area contributed by atoms with Crippen molar-refractivity contribution in [3.05, 3.63) is 82.4 Å². The zero-order valence-electron chi connectivity index (χ0n) is 19.9. The van der Waals surface area contributed by atoms with Crippen LogP contribution in [0.5, 0.6) is 17.2 Å². The Bertz CT molecular complexity index is 1360. The zero-order valence-corrected chi connectivity index (χ0v) is 20.8. The van der Waals surface area contributed by atoms with Crippen LogP contribution in [0.4, 0.5) is 26.3 Å². The molecule has 0 saturated heterocycles. The number of carbonyl (C=O) groups is 2. The fourth-order valence-corrected chi connectivity index (χ4v) is 4.95. The molecule has 3 aromatic rings. The number of ketones is 1. The summed E-state index contributed by atoms with van der Waals surface area (Å²) in [4.78, 5) is 26.6. The predicted molar refractivity (Wildman–Crippen MR) is 124 cm³/mol. The van der Waals surface area contributed by atoms with Crippen molar-refractivity contribution in [2.24, 2.45) is 0 Å². The number of benzene rings is 3. The van der Waals surface area contributed by atoms with Crippen LogP contribution in [-0.2, 0) is 16.9 Å². The molecule has 1 radical (unpaired) electrons. The highest BCUT2D eigenvalue weighted by Gasteiger charge is 2.44. The molecule has 0 N–H and O–H groups in total. The fourth-order valence-electron chi connectivity index (χ4n) is 3.67. The van der Waals surface area contributed by atoms with Crippen molar-refractivity contribution in [2.45, 2.75) is 12.4 Å². The maximum absolute atomic E-state index is 13.6. The van der Waals surface area contributed by atoms with Gasteiger partial charge in [0.2, 0.25) is 11.3 Å². The van der Waals surface area contributed by atoms with Gasteiger partial charge in [0, 0.05) is 17.7 Å². The molecule has 1 unspecified atom stereocenters. The van der Waals surface area contributed by atoms with Gasteiger partial charge < -0.3 is 14.2 Å². The van der Waals surface area contributed by atoms with E-state index in [9.17, 15) is 40.5 Å². The molecule has 0 fully saturated rings. The SMILES string of the molecule is COc1cc(OC)c(C(=O)c2ccccc2[P](=O)C(=O)c2c(C(F)(F)F)cccc2C(F)(F)F)c(OC)c1.